The van der Waals surface area contributed by atoms with Gasteiger partial charge in [-0.05, 0) is 46.4 Å². The molecule has 0 aliphatic carbocycles. The second-order valence-electron chi connectivity index (χ2n) is 4.33. The van der Waals surface area contributed by atoms with Crippen molar-refractivity contribution in [1.29, 1.82) is 0 Å². The molecule has 0 bridgehead atoms. The van der Waals surface area contributed by atoms with E-state index in [1.165, 1.54) is 0 Å². The third kappa shape index (κ3) is 2.96. The van der Waals surface area contributed by atoms with Gasteiger partial charge in [-0.15, -0.1) is 0 Å². The first kappa shape index (κ1) is 11.5. The van der Waals surface area contributed by atoms with E-state index in [4.69, 9.17) is 5.73 Å². The summed E-state index contributed by atoms with van der Waals surface area (Å²) in [5.41, 5.74) is 5.22. The van der Waals surface area contributed by atoms with Gasteiger partial charge in [-0.3, -0.25) is 4.79 Å². The summed E-state index contributed by atoms with van der Waals surface area (Å²) >= 11 is 0. The summed E-state index contributed by atoms with van der Waals surface area (Å²) < 4.78 is 0. The molecule has 3 N–H and O–H groups in total. The Bertz CT molecular complexity index is 208. The van der Waals surface area contributed by atoms with Gasteiger partial charge in [0.1, 0.15) is 0 Å². The van der Waals surface area contributed by atoms with Crippen LogP contribution in [0.4, 0.5) is 0 Å². The Balaban J connectivity index is 2.62. The van der Waals surface area contributed by atoms with Crippen LogP contribution in [0.15, 0.2) is 0 Å². The van der Waals surface area contributed by atoms with Crippen molar-refractivity contribution < 1.29 is 4.79 Å². The van der Waals surface area contributed by atoms with Crippen LogP contribution in [0, 0.1) is 0 Å². The van der Waals surface area contributed by atoms with Gasteiger partial charge in [0.25, 0.3) is 0 Å². The maximum atomic E-state index is 11.0. The van der Waals surface area contributed by atoms with E-state index in [1.807, 2.05) is 7.05 Å². The van der Waals surface area contributed by atoms with Crippen LogP contribution in [0.3, 0.4) is 0 Å². The van der Waals surface area contributed by atoms with Gasteiger partial charge in [0.05, 0.1) is 0 Å². The van der Waals surface area contributed by atoms with Crippen molar-refractivity contribution >= 4 is 5.91 Å². The number of nitrogens with zero attached hydrogens (tertiary/aromatic N) is 1. The molecular formula is C10H21N3O. The zero-order valence-corrected chi connectivity index (χ0v) is 9.18. The number of carbonyl (C=O) groups excluding carboxylic acids is 1. The van der Waals surface area contributed by atoms with E-state index in [0.29, 0.717) is 6.42 Å². The molecule has 1 unspecified atom stereocenters. The molecule has 14 heavy (non-hydrogen) atoms. The highest BCUT2D eigenvalue weighted by Crippen LogP contribution is 2.24. The molecule has 0 saturated carbocycles. The van der Waals surface area contributed by atoms with Gasteiger partial charge in [-0.2, -0.15) is 0 Å². The number of likely N-dealkylation sites (tertiary alicyclic amines) is 1. The molecule has 1 saturated heterocycles. The van der Waals surface area contributed by atoms with Crippen LogP contribution in [0.1, 0.15) is 25.7 Å². The normalized spacial score (nSPS) is 29.9. The van der Waals surface area contributed by atoms with Crippen molar-refractivity contribution in [1.82, 2.24) is 10.2 Å². The molecule has 1 aliphatic rings. The SMILES string of the molecule is CNC1(CC(N)=O)CCCN(C)CC1. The fraction of sp³-hybridized carbons (Fsp3) is 0.900. The summed E-state index contributed by atoms with van der Waals surface area (Å²) in [6.45, 7) is 2.15. The topological polar surface area (TPSA) is 58.4 Å². The van der Waals surface area contributed by atoms with Gasteiger partial charge >= 0.3 is 0 Å². The minimum Gasteiger partial charge on any atom is -0.370 e. The first-order valence-electron chi connectivity index (χ1n) is 5.24. The Morgan fingerprint density at radius 2 is 2.21 bits per heavy atom. The number of carbonyl (C=O) groups is 1. The van der Waals surface area contributed by atoms with E-state index >= 15 is 0 Å². The van der Waals surface area contributed by atoms with Crippen LogP contribution in [0.2, 0.25) is 0 Å². The van der Waals surface area contributed by atoms with Gasteiger partial charge in [0, 0.05) is 12.0 Å². The molecule has 0 aromatic rings. The van der Waals surface area contributed by atoms with E-state index in [0.717, 1.165) is 32.4 Å². The molecule has 0 aromatic heterocycles. The van der Waals surface area contributed by atoms with Crippen molar-refractivity contribution in [2.24, 2.45) is 5.73 Å². The maximum Gasteiger partial charge on any atom is 0.219 e. The van der Waals surface area contributed by atoms with E-state index in [9.17, 15) is 4.79 Å². The first-order valence-corrected chi connectivity index (χ1v) is 5.24. The summed E-state index contributed by atoms with van der Waals surface area (Å²) in [6, 6.07) is 0. The summed E-state index contributed by atoms with van der Waals surface area (Å²) in [5, 5.41) is 3.28. The minimum atomic E-state index is -0.205. The van der Waals surface area contributed by atoms with Gasteiger partial charge < -0.3 is 16.0 Å². The highest BCUT2D eigenvalue weighted by molar-refractivity contribution is 5.75. The third-order valence-corrected chi connectivity index (χ3v) is 3.21. The summed E-state index contributed by atoms with van der Waals surface area (Å²) in [7, 11) is 4.05. The molecule has 82 valence electrons. The molecule has 0 radical (unpaired) electrons. The number of nitrogens with two attached hydrogens (primary N) is 1. The van der Waals surface area contributed by atoms with Crippen molar-refractivity contribution in [2.45, 2.75) is 31.2 Å². The molecule has 1 atom stereocenters. The number of amides is 1. The monoisotopic (exact) mass is 199 g/mol. The predicted molar refractivity (Wildman–Crippen MR) is 57.0 cm³/mol. The lowest BCUT2D eigenvalue weighted by atomic mass is 9.87. The molecule has 1 heterocycles. The fourth-order valence-electron chi connectivity index (χ4n) is 2.18. The van der Waals surface area contributed by atoms with E-state index in [1.54, 1.807) is 0 Å². The molecular weight excluding hydrogens is 178 g/mol. The zero-order chi connectivity index (χ0) is 10.6. The maximum absolute atomic E-state index is 11.0. The van der Waals surface area contributed by atoms with Gasteiger partial charge in [0.2, 0.25) is 5.91 Å². The largest absolute Gasteiger partial charge is 0.370 e. The van der Waals surface area contributed by atoms with Crippen molar-refractivity contribution in [3.05, 3.63) is 0 Å². The molecule has 1 amide bonds. The second-order valence-corrected chi connectivity index (χ2v) is 4.33. The van der Waals surface area contributed by atoms with Crippen LogP contribution in [-0.4, -0.2) is 43.5 Å². The van der Waals surface area contributed by atoms with Crippen molar-refractivity contribution in [2.75, 3.05) is 27.2 Å². The quantitative estimate of drug-likeness (QED) is 0.669. The highest BCUT2D eigenvalue weighted by atomic mass is 16.1. The number of rotatable bonds is 3. The predicted octanol–water partition coefficient (Wildman–Crippen LogP) is -0.0643. The average Bonchev–Trinajstić information content (AvgIpc) is 2.29. The summed E-state index contributed by atoms with van der Waals surface area (Å²) in [5.74, 6) is -0.205. The number of nitrogens with one attached hydrogen (secondary N) is 1. The molecule has 1 aliphatic heterocycles. The van der Waals surface area contributed by atoms with Crippen LogP contribution in [0.25, 0.3) is 0 Å². The molecule has 0 aromatic carbocycles. The smallest absolute Gasteiger partial charge is 0.219 e. The Morgan fingerprint density at radius 3 is 2.79 bits per heavy atom. The summed E-state index contributed by atoms with van der Waals surface area (Å²) in [4.78, 5) is 13.3. The van der Waals surface area contributed by atoms with E-state index in [-0.39, 0.29) is 11.4 Å². The van der Waals surface area contributed by atoms with Gasteiger partial charge in [-0.25, -0.2) is 0 Å². The van der Waals surface area contributed by atoms with Crippen LogP contribution in [0.5, 0.6) is 0 Å². The zero-order valence-electron chi connectivity index (χ0n) is 9.18. The number of hydrogen-bond donors (Lipinski definition) is 2. The molecule has 4 nitrogen and oxygen atoms in total. The van der Waals surface area contributed by atoms with Crippen LogP contribution >= 0.6 is 0 Å². The lowest BCUT2D eigenvalue weighted by Gasteiger charge is -2.31. The third-order valence-electron chi connectivity index (χ3n) is 3.21. The Labute approximate surface area is 85.8 Å². The first-order chi connectivity index (χ1) is 6.58. The van der Waals surface area contributed by atoms with Gasteiger partial charge in [-0.1, -0.05) is 0 Å². The lowest BCUT2D eigenvalue weighted by Crippen LogP contribution is -2.46. The van der Waals surface area contributed by atoms with Crippen LogP contribution < -0.4 is 11.1 Å². The van der Waals surface area contributed by atoms with Crippen molar-refractivity contribution in [3.8, 4) is 0 Å². The van der Waals surface area contributed by atoms with Crippen molar-refractivity contribution in [3.63, 3.8) is 0 Å². The van der Waals surface area contributed by atoms with Crippen LogP contribution in [-0.2, 0) is 4.79 Å². The number of primary amides is 1. The Kier molecular flexibility index (Phi) is 3.89. The Morgan fingerprint density at radius 1 is 1.50 bits per heavy atom. The molecule has 1 rings (SSSR count). The number of hydrogen-bond acceptors (Lipinski definition) is 3. The highest BCUT2D eigenvalue weighted by Gasteiger charge is 2.31. The van der Waals surface area contributed by atoms with Gasteiger partial charge in [0.15, 0.2) is 0 Å². The lowest BCUT2D eigenvalue weighted by molar-refractivity contribution is -0.119. The van der Waals surface area contributed by atoms with E-state index < -0.39 is 0 Å². The fourth-order valence-corrected chi connectivity index (χ4v) is 2.18. The molecule has 4 heteroatoms. The molecule has 0 spiro atoms. The standard InChI is InChI=1S/C10H21N3O/c1-12-10(8-9(11)14)4-3-6-13(2)7-5-10/h12H,3-8H2,1-2H3,(H2,11,14). The Hall–Kier alpha value is -0.610. The summed E-state index contributed by atoms with van der Waals surface area (Å²) in [6.07, 6.45) is 3.63. The van der Waals surface area contributed by atoms with E-state index in [2.05, 4.69) is 17.3 Å². The minimum absolute atomic E-state index is 0.0589. The average molecular weight is 199 g/mol. The molecule has 1 fully saturated rings. The second kappa shape index (κ2) is 4.75.